The molecule has 152 valence electrons. The molecule has 3 N–H and O–H groups in total. The predicted molar refractivity (Wildman–Crippen MR) is 116 cm³/mol. The Bertz CT molecular complexity index is 784. The van der Waals surface area contributed by atoms with Crippen LogP contribution in [0.4, 0.5) is 0 Å². The molecular weight excluding hydrogens is 372 g/mol. The van der Waals surface area contributed by atoms with Crippen LogP contribution in [0.25, 0.3) is 0 Å². The van der Waals surface area contributed by atoms with Gasteiger partial charge in [0.15, 0.2) is 5.96 Å². The highest BCUT2D eigenvalue weighted by molar-refractivity contribution is 7.88. The average molecular weight is 403 g/mol. The van der Waals surface area contributed by atoms with Gasteiger partial charge in [-0.1, -0.05) is 60.7 Å². The van der Waals surface area contributed by atoms with Gasteiger partial charge < -0.3 is 10.6 Å². The van der Waals surface area contributed by atoms with E-state index < -0.39 is 10.0 Å². The van der Waals surface area contributed by atoms with Crippen molar-refractivity contribution < 1.29 is 8.42 Å². The zero-order chi connectivity index (χ0) is 20.2. The Kier molecular flexibility index (Phi) is 8.97. The van der Waals surface area contributed by atoms with E-state index in [2.05, 4.69) is 39.6 Å². The van der Waals surface area contributed by atoms with Crippen LogP contribution < -0.4 is 15.4 Å². The molecule has 0 saturated carbocycles. The highest BCUT2D eigenvalue weighted by Gasteiger charge is 2.13. The molecule has 0 aliphatic heterocycles. The van der Waals surface area contributed by atoms with Gasteiger partial charge >= 0.3 is 0 Å². The smallest absolute Gasteiger partial charge is 0.208 e. The van der Waals surface area contributed by atoms with Crippen molar-refractivity contribution in [3.63, 3.8) is 0 Å². The second-order valence-electron chi connectivity index (χ2n) is 6.54. The zero-order valence-corrected chi connectivity index (χ0v) is 17.4. The first kappa shape index (κ1) is 21.9. The summed E-state index contributed by atoms with van der Waals surface area (Å²) in [5.41, 5.74) is 2.45. The van der Waals surface area contributed by atoms with Crippen molar-refractivity contribution in [3.05, 3.63) is 71.8 Å². The van der Waals surface area contributed by atoms with E-state index in [1.165, 1.54) is 17.4 Å². The van der Waals surface area contributed by atoms with Crippen molar-refractivity contribution in [3.8, 4) is 0 Å². The van der Waals surface area contributed by atoms with E-state index in [4.69, 9.17) is 4.99 Å². The summed E-state index contributed by atoms with van der Waals surface area (Å²) in [6, 6.07) is 20.8. The molecule has 0 aromatic heterocycles. The third-order valence-electron chi connectivity index (χ3n) is 4.19. The quantitative estimate of drug-likeness (QED) is 0.324. The number of hydrogen-bond acceptors (Lipinski definition) is 3. The highest BCUT2D eigenvalue weighted by atomic mass is 32.2. The molecule has 0 aliphatic rings. The highest BCUT2D eigenvalue weighted by Crippen LogP contribution is 2.24. The van der Waals surface area contributed by atoms with Crippen molar-refractivity contribution in [1.29, 1.82) is 0 Å². The fourth-order valence-electron chi connectivity index (χ4n) is 2.85. The van der Waals surface area contributed by atoms with Crippen LogP contribution in [0.5, 0.6) is 0 Å². The van der Waals surface area contributed by atoms with Crippen LogP contribution in [0.1, 0.15) is 30.4 Å². The van der Waals surface area contributed by atoms with Crippen LogP contribution >= 0.6 is 0 Å². The van der Waals surface area contributed by atoms with Gasteiger partial charge in [0.2, 0.25) is 10.0 Å². The molecule has 0 spiro atoms. The lowest BCUT2D eigenvalue weighted by Gasteiger charge is -2.18. The first-order chi connectivity index (χ1) is 13.5. The van der Waals surface area contributed by atoms with E-state index in [0.29, 0.717) is 26.1 Å². The normalized spacial score (nSPS) is 12.2. The fraction of sp³-hybridized carbons (Fsp3) is 0.381. The monoisotopic (exact) mass is 402 g/mol. The molecule has 7 heteroatoms. The Balaban J connectivity index is 2.02. The molecule has 0 unspecified atom stereocenters. The molecule has 0 atom stereocenters. The maximum Gasteiger partial charge on any atom is 0.208 e. The van der Waals surface area contributed by atoms with Gasteiger partial charge in [-0.3, -0.25) is 4.99 Å². The minimum absolute atomic E-state index is 0.171. The Hall–Kier alpha value is -2.38. The molecule has 0 heterocycles. The van der Waals surface area contributed by atoms with E-state index in [1.54, 1.807) is 0 Å². The summed E-state index contributed by atoms with van der Waals surface area (Å²) in [6.07, 6.45) is 1.84. The molecule has 0 bridgehead atoms. The Labute approximate surface area is 168 Å². The van der Waals surface area contributed by atoms with Crippen LogP contribution in [0.3, 0.4) is 0 Å². The van der Waals surface area contributed by atoms with Crippen LogP contribution in [0.15, 0.2) is 65.7 Å². The van der Waals surface area contributed by atoms with Crippen molar-refractivity contribution >= 4 is 16.0 Å². The standard InChI is InChI=1S/C21H30N4O2S/c1-3-22-21(23-15-10-16-25-28(2,26)27)24-17-20(18-11-6-4-7-12-18)19-13-8-5-9-14-19/h4-9,11-14,20,25H,3,10,15-17H2,1-2H3,(H2,22,23,24). The van der Waals surface area contributed by atoms with Crippen LogP contribution in [0.2, 0.25) is 0 Å². The SMILES string of the molecule is CCNC(=NCC(c1ccccc1)c1ccccc1)NCCCNS(C)(=O)=O. The fourth-order valence-corrected chi connectivity index (χ4v) is 3.37. The van der Waals surface area contributed by atoms with Crippen LogP contribution in [-0.4, -0.2) is 46.8 Å². The molecule has 2 aromatic carbocycles. The summed E-state index contributed by atoms with van der Waals surface area (Å²) in [5, 5.41) is 6.52. The summed E-state index contributed by atoms with van der Waals surface area (Å²) in [7, 11) is -3.14. The predicted octanol–water partition coefficient (Wildman–Crippen LogP) is 2.31. The van der Waals surface area contributed by atoms with Gasteiger partial charge in [0.25, 0.3) is 0 Å². The van der Waals surface area contributed by atoms with Gasteiger partial charge in [0, 0.05) is 25.6 Å². The van der Waals surface area contributed by atoms with Gasteiger partial charge in [-0.05, 0) is 24.5 Å². The molecular formula is C21H30N4O2S. The number of nitrogens with zero attached hydrogens (tertiary/aromatic N) is 1. The minimum Gasteiger partial charge on any atom is -0.357 e. The number of rotatable bonds is 10. The molecule has 0 amide bonds. The number of guanidine groups is 1. The third-order valence-corrected chi connectivity index (χ3v) is 4.92. The second kappa shape index (κ2) is 11.5. The van der Waals surface area contributed by atoms with Gasteiger partial charge in [0.05, 0.1) is 12.8 Å². The molecule has 2 rings (SSSR count). The lowest BCUT2D eigenvalue weighted by atomic mass is 9.91. The van der Waals surface area contributed by atoms with Crippen LogP contribution in [0, 0.1) is 0 Å². The summed E-state index contributed by atoms with van der Waals surface area (Å²) < 4.78 is 24.7. The maximum absolute atomic E-state index is 11.1. The van der Waals surface area contributed by atoms with E-state index in [9.17, 15) is 8.42 Å². The van der Waals surface area contributed by atoms with E-state index >= 15 is 0 Å². The van der Waals surface area contributed by atoms with Crippen molar-refractivity contribution in [2.75, 3.05) is 32.4 Å². The largest absolute Gasteiger partial charge is 0.357 e. The van der Waals surface area contributed by atoms with Crippen molar-refractivity contribution in [2.24, 2.45) is 4.99 Å². The number of sulfonamides is 1. The molecule has 2 aromatic rings. The summed E-state index contributed by atoms with van der Waals surface area (Å²) in [5.74, 6) is 0.906. The lowest BCUT2D eigenvalue weighted by molar-refractivity contribution is 0.584. The topological polar surface area (TPSA) is 82.6 Å². The molecule has 28 heavy (non-hydrogen) atoms. The summed E-state index contributed by atoms with van der Waals surface area (Å²) in [6.45, 7) is 4.44. The second-order valence-corrected chi connectivity index (χ2v) is 8.37. The molecule has 6 nitrogen and oxygen atoms in total. The Morgan fingerprint density at radius 1 is 0.929 bits per heavy atom. The van der Waals surface area contributed by atoms with Crippen molar-refractivity contribution in [1.82, 2.24) is 15.4 Å². The first-order valence-electron chi connectivity index (χ1n) is 9.56. The molecule has 0 fully saturated rings. The van der Waals surface area contributed by atoms with E-state index in [-0.39, 0.29) is 5.92 Å². The maximum atomic E-state index is 11.1. The molecule has 0 radical (unpaired) electrons. The first-order valence-corrected chi connectivity index (χ1v) is 11.5. The number of nitrogens with one attached hydrogen (secondary N) is 3. The van der Waals surface area contributed by atoms with Crippen molar-refractivity contribution in [2.45, 2.75) is 19.3 Å². The van der Waals surface area contributed by atoms with Gasteiger partial charge in [-0.25, -0.2) is 13.1 Å². The average Bonchev–Trinajstić information content (AvgIpc) is 2.68. The van der Waals surface area contributed by atoms with Gasteiger partial charge in [-0.2, -0.15) is 0 Å². The zero-order valence-electron chi connectivity index (χ0n) is 16.6. The van der Waals surface area contributed by atoms with Gasteiger partial charge in [-0.15, -0.1) is 0 Å². The van der Waals surface area contributed by atoms with Gasteiger partial charge in [0.1, 0.15) is 0 Å². The van der Waals surface area contributed by atoms with Crippen LogP contribution in [-0.2, 0) is 10.0 Å². The third kappa shape index (κ3) is 8.10. The Morgan fingerprint density at radius 3 is 2.00 bits per heavy atom. The lowest BCUT2D eigenvalue weighted by Crippen LogP contribution is -2.39. The number of benzene rings is 2. The molecule has 0 aliphatic carbocycles. The van der Waals surface area contributed by atoms with E-state index in [0.717, 1.165) is 12.5 Å². The number of hydrogen-bond donors (Lipinski definition) is 3. The molecule has 0 saturated heterocycles. The van der Waals surface area contributed by atoms with E-state index in [1.807, 2.05) is 43.3 Å². The summed E-state index contributed by atoms with van der Waals surface area (Å²) >= 11 is 0. The number of aliphatic imine (C=N–C) groups is 1. The summed E-state index contributed by atoms with van der Waals surface area (Å²) in [4.78, 5) is 4.77. The minimum atomic E-state index is -3.14. The Morgan fingerprint density at radius 2 is 1.50 bits per heavy atom.